The highest BCUT2D eigenvalue weighted by molar-refractivity contribution is 7.09. The van der Waals surface area contributed by atoms with Gasteiger partial charge in [-0.2, -0.15) is 0 Å². The van der Waals surface area contributed by atoms with Crippen molar-refractivity contribution in [1.82, 2.24) is 35.7 Å². The minimum absolute atomic E-state index is 0.109. The summed E-state index contributed by atoms with van der Waals surface area (Å²) in [5.74, 6) is 6.42. The Morgan fingerprint density at radius 1 is 0.964 bits per heavy atom. The van der Waals surface area contributed by atoms with E-state index in [1.54, 1.807) is 35.0 Å². The maximum Gasteiger partial charge on any atom is 0.408 e. The molecule has 3 N–H and O–H groups in total. The van der Waals surface area contributed by atoms with Crippen molar-refractivity contribution in [2.75, 3.05) is 39.9 Å². The van der Waals surface area contributed by atoms with E-state index in [0.717, 1.165) is 39.8 Å². The van der Waals surface area contributed by atoms with Crippen LogP contribution in [0.2, 0.25) is 0 Å². The topological polar surface area (TPSA) is 138 Å². The van der Waals surface area contributed by atoms with Crippen molar-refractivity contribution >= 4 is 40.7 Å². The summed E-state index contributed by atoms with van der Waals surface area (Å²) in [5, 5.41) is 12.2. The van der Waals surface area contributed by atoms with Crippen molar-refractivity contribution in [1.29, 1.82) is 0 Å². The summed E-state index contributed by atoms with van der Waals surface area (Å²) in [4.78, 5) is 54.1. The van der Waals surface area contributed by atoms with Crippen LogP contribution >= 0.6 is 22.7 Å². The fraction of sp³-hybridized carbons (Fsp3) is 0.439. The van der Waals surface area contributed by atoms with Gasteiger partial charge in [0.15, 0.2) is 0 Å². The molecule has 3 heterocycles. The molecule has 12 nitrogen and oxygen atoms in total. The van der Waals surface area contributed by atoms with E-state index in [0.29, 0.717) is 57.9 Å². The molecule has 0 spiro atoms. The van der Waals surface area contributed by atoms with E-state index >= 15 is 0 Å². The van der Waals surface area contributed by atoms with Gasteiger partial charge in [-0.25, -0.2) is 14.6 Å². The molecule has 1 saturated heterocycles. The molecule has 4 amide bonds. The molecule has 14 heteroatoms. The van der Waals surface area contributed by atoms with Crippen LogP contribution in [0.5, 0.6) is 0 Å². The van der Waals surface area contributed by atoms with Crippen molar-refractivity contribution in [3.63, 3.8) is 0 Å². The standard InChI is InChI=1S/C41H51N7O5S2/c1-30(2)39-44-35(28-54-39)26-47(3)40(50)46-37(18-19-48-20-22-52-23-21-48)38(49)43-34(24-32-12-8-5-9-13-32)17-16-33(15-14-31-10-6-4-7-11-31)45-41(51)53-27-36-25-42-29-55-36/h4-13,25,28-30,33-34,37H,16-24,26-27H2,1-3H3,(H,43,49)(H,45,51)(H,46,50)/t33-,34+,37-/m0/s1. The SMILES string of the molecule is CC(C)c1nc(CN(C)C(=O)N[C@@H](CCN2CCOCC2)C(=O)N[C@H](CC[C@H](C#Cc2ccccc2)NC(=O)OCc2cncs2)Cc2ccccc2)cs1. The van der Waals surface area contributed by atoms with Crippen LogP contribution in [0.15, 0.2) is 77.8 Å². The van der Waals surface area contributed by atoms with Gasteiger partial charge < -0.3 is 30.3 Å². The first-order valence-corrected chi connectivity index (χ1v) is 20.4. The Bertz CT molecular complexity index is 1820. The number of morpholine rings is 1. The zero-order valence-corrected chi connectivity index (χ0v) is 33.4. The van der Waals surface area contributed by atoms with E-state index in [9.17, 15) is 14.4 Å². The Morgan fingerprint density at radius 2 is 1.71 bits per heavy atom. The van der Waals surface area contributed by atoms with Gasteiger partial charge in [0.2, 0.25) is 5.91 Å². The molecule has 1 aliphatic rings. The number of carbonyl (C=O) groups excluding carboxylic acids is 3. The normalized spacial score (nSPS) is 14.5. The fourth-order valence-corrected chi connectivity index (χ4v) is 7.27. The van der Waals surface area contributed by atoms with Crippen LogP contribution in [0.3, 0.4) is 0 Å². The van der Waals surface area contributed by atoms with Crippen molar-refractivity contribution in [3.05, 3.63) is 104 Å². The average molecular weight is 786 g/mol. The highest BCUT2D eigenvalue weighted by atomic mass is 32.1. The molecule has 0 aliphatic carbocycles. The lowest BCUT2D eigenvalue weighted by Gasteiger charge is -2.30. The van der Waals surface area contributed by atoms with Crippen LogP contribution in [0.4, 0.5) is 9.59 Å². The van der Waals surface area contributed by atoms with Crippen LogP contribution in [-0.2, 0) is 33.8 Å². The van der Waals surface area contributed by atoms with Gasteiger partial charge in [0.1, 0.15) is 12.6 Å². The number of urea groups is 1. The van der Waals surface area contributed by atoms with Gasteiger partial charge >= 0.3 is 12.1 Å². The molecule has 2 aromatic heterocycles. The van der Waals surface area contributed by atoms with E-state index in [-0.39, 0.29) is 24.6 Å². The number of ether oxygens (including phenoxy) is 2. The van der Waals surface area contributed by atoms with Gasteiger partial charge in [0.25, 0.3) is 0 Å². The minimum Gasteiger partial charge on any atom is -0.444 e. The zero-order chi connectivity index (χ0) is 38.8. The predicted molar refractivity (Wildman–Crippen MR) is 216 cm³/mol. The lowest BCUT2D eigenvalue weighted by Crippen LogP contribution is -2.54. The third-order valence-electron chi connectivity index (χ3n) is 9.02. The van der Waals surface area contributed by atoms with Crippen LogP contribution in [0.1, 0.15) is 65.7 Å². The van der Waals surface area contributed by atoms with Gasteiger partial charge in [0, 0.05) is 55.8 Å². The second-order valence-electron chi connectivity index (χ2n) is 13.8. The Morgan fingerprint density at radius 3 is 2.40 bits per heavy atom. The monoisotopic (exact) mass is 785 g/mol. The van der Waals surface area contributed by atoms with E-state index in [1.165, 1.54) is 11.3 Å². The zero-order valence-electron chi connectivity index (χ0n) is 31.7. The minimum atomic E-state index is -0.786. The Hall–Kier alpha value is -4.81. The Labute approximate surface area is 332 Å². The molecule has 1 fully saturated rings. The second-order valence-corrected chi connectivity index (χ2v) is 15.6. The van der Waals surface area contributed by atoms with Crippen LogP contribution in [0.25, 0.3) is 0 Å². The summed E-state index contributed by atoms with van der Waals surface area (Å²) in [6.07, 6.45) is 2.99. The number of benzene rings is 2. The highest BCUT2D eigenvalue weighted by Gasteiger charge is 2.27. The molecule has 1 aliphatic heterocycles. The largest absolute Gasteiger partial charge is 0.444 e. The number of aromatic nitrogens is 2. The molecule has 5 rings (SSSR count). The van der Waals surface area contributed by atoms with Crippen LogP contribution in [0, 0.1) is 11.8 Å². The Kier molecular flexibility index (Phi) is 16.5. The first-order valence-electron chi connectivity index (χ1n) is 18.7. The first-order chi connectivity index (χ1) is 26.7. The quantitative estimate of drug-likeness (QED) is 0.114. The summed E-state index contributed by atoms with van der Waals surface area (Å²) < 4.78 is 11.0. The van der Waals surface area contributed by atoms with Gasteiger partial charge in [-0.1, -0.05) is 74.2 Å². The maximum atomic E-state index is 14.2. The number of hydrogen-bond acceptors (Lipinski definition) is 10. The van der Waals surface area contributed by atoms with Crippen molar-refractivity contribution < 1.29 is 23.9 Å². The molecule has 0 radical (unpaired) electrons. The smallest absolute Gasteiger partial charge is 0.408 e. The van der Waals surface area contributed by atoms with Crippen molar-refractivity contribution in [2.24, 2.45) is 0 Å². The number of nitrogens with zero attached hydrogens (tertiary/aromatic N) is 4. The third kappa shape index (κ3) is 14.4. The molecule has 0 unspecified atom stereocenters. The number of nitrogens with one attached hydrogen (secondary N) is 3. The number of alkyl carbamates (subject to hydrolysis) is 1. The average Bonchev–Trinajstić information content (AvgIpc) is 3.91. The molecular formula is C41H51N7O5S2. The lowest BCUT2D eigenvalue weighted by molar-refractivity contribution is -0.124. The van der Waals surface area contributed by atoms with Crippen LogP contribution < -0.4 is 16.0 Å². The molecule has 4 aromatic rings. The second kappa shape index (κ2) is 21.9. The number of rotatable bonds is 17. The molecule has 55 heavy (non-hydrogen) atoms. The van der Waals surface area contributed by atoms with E-state index in [2.05, 4.69) is 56.5 Å². The van der Waals surface area contributed by atoms with Gasteiger partial charge in [0.05, 0.1) is 46.9 Å². The number of carbonyl (C=O) groups is 3. The number of hydrogen-bond donors (Lipinski definition) is 3. The van der Waals surface area contributed by atoms with Gasteiger partial charge in [-0.3, -0.25) is 14.7 Å². The molecule has 3 atom stereocenters. The summed E-state index contributed by atoms with van der Waals surface area (Å²) in [7, 11) is 1.71. The number of amides is 4. The number of thiazole rings is 2. The summed E-state index contributed by atoms with van der Waals surface area (Å²) in [6.45, 7) is 8.07. The van der Waals surface area contributed by atoms with E-state index in [1.807, 2.05) is 66.0 Å². The maximum absolute atomic E-state index is 14.2. The molecular weight excluding hydrogens is 735 g/mol. The van der Waals surface area contributed by atoms with E-state index in [4.69, 9.17) is 9.47 Å². The van der Waals surface area contributed by atoms with Crippen molar-refractivity contribution in [2.45, 2.75) is 76.7 Å². The third-order valence-corrected chi connectivity index (χ3v) is 11.0. The van der Waals surface area contributed by atoms with Gasteiger partial charge in [-0.05, 0) is 43.4 Å². The van der Waals surface area contributed by atoms with Crippen molar-refractivity contribution in [3.8, 4) is 11.8 Å². The first kappa shape index (κ1) is 41.4. The molecule has 0 bridgehead atoms. The lowest BCUT2D eigenvalue weighted by atomic mass is 9.98. The summed E-state index contributed by atoms with van der Waals surface area (Å²) in [6, 6.07) is 17.5. The summed E-state index contributed by atoms with van der Waals surface area (Å²) >= 11 is 2.99. The van der Waals surface area contributed by atoms with Gasteiger partial charge in [-0.15, -0.1) is 22.7 Å². The fourth-order valence-electron chi connectivity index (χ4n) is 5.94. The van der Waals surface area contributed by atoms with E-state index < -0.39 is 18.2 Å². The molecule has 0 saturated carbocycles. The molecule has 292 valence electrons. The Balaban J connectivity index is 1.29. The highest BCUT2D eigenvalue weighted by Crippen LogP contribution is 2.20. The predicted octanol–water partition coefficient (Wildman–Crippen LogP) is 5.81. The summed E-state index contributed by atoms with van der Waals surface area (Å²) in [5.41, 5.74) is 4.37. The van der Waals surface area contributed by atoms with Crippen LogP contribution in [-0.4, -0.2) is 95.8 Å². The molecule has 2 aromatic carbocycles.